The topological polar surface area (TPSA) is 44.5 Å². The number of hydrogen-bond acceptors (Lipinski definition) is 3. The van der Waals surface area contributed by atoms with Crippen molar-refractivity contribution in [3.05, 3.63) is 29.8 Å². The van der Waals surface area contributed by atoms with E-state index >= 15 is 0 Å². The summed E-state index contributed by atoms with van der Waals surface area (Å²) in [6.07, 6.45) is 0.101. The van der Waals surface area contributed by atoms with Crippen LogP contribution in [0.2, 0.25) is 0 Å². The fourth-order valence-electron chi connectivity index (χ4n) is 1.17. The average molecular weight is 209 g/mol. The zero-order valence-electron chi connectivity index (χ0n) is 9.57. The minimum Gasteiger partial charge on any atom is -0.491 e. The monoisotopic (exact) mass is 209 g/mol. The Morgan fingerprint density at radius 1 is 1.33 bits per heavy atom. The van der Waals surface area contributed by atoms with Crippen molar-refractivity contribution in [3.8, 4) is 5.75 Å². The third-order valence-electron chi connectivity index (χ3n) is 2.27. The smallest absolute Gasteiger partial charge is 0.119 e. The van der Waals surface area contributed by atoms with E-state index < -0.39 is 0 Å². The molecule has 2 N–H and O–H groups in total. The van der Waals surface area contributed by atoms with Crippen molar-refractivity contribution in [1.82, 2.24) is 0 Å². The van der Waals surface area contributed by atoms with Crippen LogP contribution in [0.1, 0.15) is 25.5 Å². The normalized spacial score (nSPS) is 14.7. The van der Waals surface area contributed by atoms with Crippen molar-refractivity contribution in [3.63, 3.8) is 0 Å². The third-order valence-corrected chi connectivity index (χ3v) is 2.27. The van der Waals surface area contributed by atoms with Gasteiger partial charge in [-0.2, -0.15) is 0 Å². The molecule has 1 unspecified atom stereocenters. The Hall–Kier alpha value is -1.06. The molecular formula is C12H19NO2. The Labute approximate surface area is 91.2 Å². The van der Waals surface area contributed by atoms with Gasteiger partial charge in [-0.25, -0.2) is 0 Å². The lowest BCUT2D eigenvalue weighted by Crippen LogP contribution is -2.16. The van der Waals surface area contributed by atoms with Crippen LogP contribution in [0.25, 0.3) is 0 Å². The van der Waals surface area contributed by atoms with Crippen LogP contribution in [0.5, 0.6) is 5.75 Å². The van der Waals surface area contributed by atoms with Crippen LogP contribution in [0, 0.1) is 0 Å². The summed E-state index contributed by atoms with van der Waals surface area (Å²) in [5.74, 6) is 0.841. The predicted octanol–water partition coefficient (Wildman–Crippen LogP) is 2.12. The van der Waals surface area contributed by atoms with E-state index in [4.69, 9.17) is 15.2 Å². The van der Waals surface area contributed by atoms with Crippen molar-refractivity contribution in [2.24, 2.45) is 5.73 Å². The number of nitrogens with two attached hydrogens (primary N) is 1. The molecule has 0 aliphatic rings. The SMILES string of the molecule is COC(C)COc1cccc([C@H](C)N)c1. The highest BCUT2D eigenvalue weighted by atomic mass is 16.5. The minimum absolute atomic E-state index is 0.0356. The zero-order valence-corrected chi connectivity index (χ0v) is 9.57. The number of methoxy groups -OCH3 is 1. The van der Waals surface area contributed by atoms with Gasteiger partial charge in [-0.15, -0.1) is 0 Å². The Bertz CT molecular complexity index is 299. The summed E-state index contributed by atoms with van der Waals surface area (Å²) in [6, 6.07) is 7.87. The third kappa shape index (κ3) is 3.90. The summed E-state index contributed by atoms with van der Waals surface area (Å²) in [4.78, 5) is 0. The van der Waals surface area contributed by atoms with Gasteiger partial charge in [-0.3, -0.25) is 0 Å². The highest BCUT2D eigenvalue weighted by Gasteiger charge is 2.03. The Balaban J connectivity index is 2.58. The van der Waals surface area contributed by atoms with Crippen LogP contribution in [0.3, 0.4) is 0 Å². The van der Waals surface area contributed by atoms with Crippen LogP contribution in [-0.4, -0.2) is 19.8 Å². The van der Waals surface area contributed by atoms with E-state index in [-0.39, 0.29) is 12.1 Å². The highest BCUT2D eigenvalue weighted by Crippen LogP contribution is 2.17. The van der Waals surface area contributed by atoms with Crippen molar-refractivity contribution in [1.29, 1.82) is 0 Å². The van der Waals surface area contributed by atoms with Gasteiger partial charge in [0.2, 0.25) is 0 Å². The van der Waals surface area contributed by atoms with E-state index in [1.54, 1.807) is 7.11 Å². The predicted molar refractivity (Wildman–Crippen MR) is 61.0 cm³/mol. The second-order valence-electron chi connectivity index (χ2n) is 3.72. The van der Waals surface area contributed by atoms with Crippen LogP contribution in [-0.2, 0) is 4.74 Å². The van der Waals surface area contributed by atoms with Gasteiger partial charge in [0.15, 0.2) is 0 Å². The molecule has 0 bridgehead atoms. The first-order valence-corrected chi connectivity index (χ1v) is 5.14. The van der Waals surface area contributed by atoms with Crippen molar-refractivity contribution in [2.45, 2.75) is 26.0 Å². The van der Waals surface area contributed by atoms with E-state index in [1.807, 2.05) is 38.1 Å². The minimum atomic E-state index is 0.0356. The maximum Gasteiger partial charge on any atom is 0.119 e. The lowest BCUT2D eigenvalue weighted by atomic mass is 10.1. The molecule has 3 heteroatoms. The quantitative estimate of drug-likeness (QED) is 0.807. The van der Waals surface area contributed by atoms with Gasteiger partial charge in [0.25, 0.3) is 0 Å². The Morgan fingerprint density at radius 2 is 2.07 bits per heavy atom. The van der Waals surface area contributed by atoms with Crippen molar-refractivity contribution in [2.75, 3.05) is 13.7 Å². The van der Waals surface area contributed by atoms with Crippen LogP contribution in [0.4, 0.5) is 0 Å². The van der Waals surface area contributed by atoms with Gasteiger partial charge in [0.05, 0.1) is 6.10 Å². The van der Waals surface area contributed by atoms with E-state index in [2.05, 4.69) is 0 Å². The van der Waals surface area contributed by atoms with Crippen LogP contribution >= 0.6 is 0 Å². The molecule has 0 spiro atoms. The van der Waals surface area contributed by atoms with Crippen LogP contribution < -0.4 is 10.5 Å². The maximum absolute atomic E-state index is 5.78. The summed E-state index contributed by atoms with van der Waals surface area (Å²) < 4.78 is 10.7. The fourth-order valence-corrected chi connectivity index (χ4v) is 1.17. The first-order valence-electron chi connectivity index (χ1n) is 5.14. The molecule has 1 aromatic carbocycles. The molecule has 1 rings (SSSR count). The molecule has 84 valence electrons. The average Bonchev–Trinajstić information content (AvgIpc) is 2.26. The number of benzene rings is 1. The lowest BCUT2D eigenvalue weighted by molar-refractivity contribution is 0.0716. The van der Waals surface area contributed by atoms with E-state index in [9.17, 15) is 0 Å². The largest absolute Gasteiger partial charge is 0.491 e. The molecule has 0 saturated carbocycles. The summed E-state index contributed by atoms with van der Waals surface area (Å²) >= 11 is 0. The van der Waals surface area contributed by atoms with Crippen molar-refractivity contribution >= 4 is 0 Å². The van der Waals surface area contributed by atoms with Gasteiger partial charge in [0, 0.05) is 13.2 Å². The Morgan fingerprint density at radius 3 is 2.67 bits per heavy atom. The van der Waals surface area contributed by atoms with E-state index in [0.717, 1.165) is 11.3 Å². The van der Waals surface area contributed by atoms with Gasteiger partial charge < -0.3 is 15.2 Å². The maximum atomic E-state index is 5.78. The second-order valence-corrected chi connectivity index (χ2v) is 3.72. The number of ether oxygens (including phenoxy) is 2. The summed E-state index contributed by atoms with van der Waals surface area (Å²) in [5, 5.41) is 0. The lowest BCUT2D eigenvalue weighted by Gasteiger charge is -2.13. The van der Waals surface area contributed by atoms with E-state index in [1.165, 1.54) is 0 Å². The molecule has 0 aliphatic carbocycles. The molecule has 15 heavy (non-hydrogen) atoms. The van der Waals surface area contributed by atoms with Crippen LogP contribution in [0.15, 0.2) is 24.3 Å². The first kappa shape index (κ1) is 12.0. The molecule has 0 aliphatic heterocycles. The number of hydrogen-bond donors (Lipinski definition) is 1. The van der Waals surface area contributed by atoms with Gasteiger partial charge in [0.1, 0.15) is 12.4 Å². The summed E-state index contributed by atoms with van der Waals surface area (Å²) in [6.45, 7) is 4.48. The standard InChI is InChI=1S/C12H19NO2/c1-9(14-3)8-15-12-6-4-5-11(7-12)10(2)13/h4-7,9-10H,8,13H2,1-3H3/t9?,10-/m0/s1. The molecule has 0 amide bonds. The van der Waals surface area contributed by atoms with E-state index in [0.29, 0.717) is 6.61 Å². The highest BCUT2D eigenvalue weighted by molar-refractivity contribution is 5.30. The van der Waals surface area contributed by atoms with Gasteiger partial charge in [-0.1, -0.05) is 12.1 Å². The molecule has 0 saturated heterocycles. The molecule has 1 aromatic rings. The zero-order chi connectivity index (χ0) is 11.3. The van der Waals surface area contributed by atoms with Gasteiger partial charge in [-0.05, 0) is 31.5 Å². The molecule has 0 fully saturated rings. The first-order chi connectivity index (χ1) is 7.13. The molecule has 3 nitrogen and oxygen atoms in total. The Kier molecular flexibility index (Phi) is 4.59. The van der Waals surface area contributed by atoms with Crippen molar-refractivity contribution < 1.29 is 9.47 Å². The summed E-state index contributed by atoms with van der Waals surface area (Å²) in [7, 11) is 1.67. The molecule has 0 heterocycles. The number of rotatable bonds is 5. The molecule has 0 aromatic heterocycles. The second kappa shape index (κ2) is 5.73. The van der Waals surface area contributed by atoms with Gasteiger partial charge >= 0.3 is 0 Å². The molecular weight excluding hydrogens is 190 g/mol. The summed E-state index contributed by atoms with van der Waals surface area (Å²) in [5.41, 5.74) is 6.87. The fraction of sp³-hybridized carbons (Fsp3) is 0.500. The molecule has 0 radical (unpaired) electrons. The molecule has 2 atom stereocenters.